The van der Waals surface area contributed by atoms with Crippen LogP contribution in [0.15, 0.2) is 6.33 Å². The van der Waals surface area contributed by atoms with Gasteiger partial charge in [-0.15, -0.1) is 0 Å². The van der Waals surface area contributed by atoms with Crippen molar-refractivity contribution in [3.05, 3.63) is 6.33 Å². The van der Waals surface area contributed by atoms with Gasteiger partial charge in [0.2, 0.25) is 11.9 Å². The van der Waals surface area contributed by atoms with Crippen LogP contribution in [0.2, 0.25) is 0 Å². The van der Waals surface area contributed by atoms with Gasteiger partial charge in [0.05, 0.1) is 19.5 Å². The van der Waals surface area contributed by atoms with Crippen molar-refractivity contribution in [3.8, 4) is 0 Å². The number of anilines is 2. The quantitative estimate of drug-likeness (QED) is 0.723. The number of rotatable bonds is 7. The van der Waals surface area contributed by atoms with Gasteiger partial charge in [-0.2, -0.15) is 9.97 Å². The molecule has 2 aliphatic rings. The fraction of sp³-hybridized carbons (Fsp3) is 0.684. The molecule has 9 nitrogen and oxygen atoms in total. The molecule has 28 heavy (non-hydrogen) atoms. The Kier molecular flexibility index (Phi) is 5.61. The number of carbonyl (C=O) groups excluding carboxylic acids is 1. The zero-order chi connectivity index (χ0) is 19.5. The Morgan fingerprint density at radius 1 is 1.21 bits per heavy atom. The maximum absolute atomic E-state index is 11.8. The number of morpholine rings is 1. The maximum atomic E-state index is 11.8. The Labute approximate surface area is 165 Å². The summed E-state index contributed by atoms with van der Waals surface area (Å²) >= 11 is 0. The van der Waals surface area contributed by atoms with Crippen LogP contribution in [0.25, 0.3) is 11.2 Å². The van der Waals surface area contributed by atoms with Crippen LogP contribution in [0.1, 0.15) is 39.2 Å². The van der Waals surface area contributed by atoms with Crippen molar-refractivity contribution in [2.24, 2.45) is 0 Å². The molecule has 2 aliphatic heterocycles. The molecule has 0 bridgehead atoms. The zero-order valence-corrected chi connectivity index (χ0v) is 16.7. The van der Waals surface area contributed by atoms with E-state index in [0.717, 1.165) is 68.5 Å². The van der Waals surface area contributed by atoms with E-state index in [1.165, 1.54) is 0 Å². The number of ether oxygens (including phenoxy) is 1. The first-order valence-corrected chi connectivity index (χ1v) is 10.2. The summed E-state index contributed by atoms with van der Waals surface area (Å²) in [5.74, 6) is 1.75. The Morgan fingerprint density at radius 3 is 2.75 bits per heavy atom. The smallest absolute Gasteiger partial charge is 0.229 e. The van der Waals surface area contributed by atoms with E-state index in [9.17, 15) is 4.79 Å². The van der Waals surface area contributed by atoms with Crippen LogP contribution in [0.3, 0.4) is 0 Å². The summed E-state index contributed by atoms with van der Waals surface area (Å²) in [7, 11) is 0. The highest BCUT2D eigenvalue weighted by molar-refractivity contribution is 5.84. The fourth-order valence-corrected chi connectivity index (χ4v) is 3.73. The monoisotopic (exact) mass is 387 g/mol. The number of fused-ring (bicyclic) bond motifs is 1. The molecule has 2 fully saturated rings. The number of nitrogens with one attached hydrogen (secondary N) is 1. The fourth-order valence-electron chi connectivity index (χ4n) is 3.73. The second kappa shape index (κ2) is 8.30. The number of amides is 1. The van der Waals surface area contributed by atoms with Crippen molar-refractivity contribution in [3.63, 3.8) is 0 Å². The lowest BCUT2D eigenvalue weighted by atomic mass is 10.3. The predicted molar refractivity (Wildman–Crippen MR) is 108 cm³/mol. The molecule has 2 saturated heterocycles. The van der Waals surface area contributed by atoms with Gasteiger partial charge in [0, 0.05) is 45.2 Å². The Balaban J connectivity index is 1.52. The topological polar surface area (TPSA) is 88.4 Å². The van der Waals surface area contributed by atoms with Crippen molar-refractivity contribution in [2.75, 3.05) is 56.2 Å². The largest absolute Gasteiger partial charge is 0.378 e. The third-order valence-electron chi connectivity index (χ3n) is 5.33. The standard InChI is InChI=1S/C19H29N7O2/c1-14(2)26-13-21-16-17(20-6-4-8-24-7-3-5-15(24)27)22-19(23-18(16)26)25-9-11-28-12-10-25/h13-14H,3-12H2,1-2H3,(H,20,22,23). The highest BCUT2D eigenvalue weighted by Gasteiger charge is 2.21. The first-order valence-electron chi connectivity index (χ1n) is 10.2. The summed E-state index contributed by atoms with van der Waals surface area (Å²) in [5.41, 5.74) is 1.65. The van der Waals surface area contributed by atoms with Gasteiger partial charge in [-0.25, -0.2) is 4.98 Å². The lowest BCUT2D eigenvalue weighted by Crippen LogP contribution is -2.37. The molecule has 4 rings (SSSR count). The van der Waals surface area contributed by atoms with E-state index in [-0.39, 0.29) is 11.9 Å². The number of nitrogens with zero attached hydrogens (tertiary/aromatic N) is 6. The van der Waals surface area contributed by atoms with E-state index in [0.29, 0.717) is 19.6 Å². The Hall–Kier alpha value is -2.42. The lowest BCUT2D eigenvalue weighted by molar-refractivity contribution is -0.127. The molecule has 0 spiro atoms. The maximum Gasteiger partial charge on any atom is 0.229 e. The second-order valence-electron chi connectivity index (χ2n) is 7.65. The number of hydrogen-bond acceptors (Lipinski definition) is 7. The minimum absolute atomic E-state index is 0.270. The lowest BCUT2D eigenvalue weighted by Gasteiger charge is -2.27. The number of likely N-dealkylation sites (tertiary alicyclic amines) is 1. The molecule has 0 radical (unpaired) electrons. The summed E-state index contributed by atoms with van der Waals surface area (Å²) in [4.78, 5) is 30.0. The van der Waals surface area contributed by atoms with Gasteiger partial charge >= 0.3 is 0 Å². The van der Waals surface area contributed by atoms with Crippen LogP contribution in [0.5, 0.6) is 0 Å². The van der Waals surface area contributed by atoms with Gasteiger partial charge in [-0.05, 0) is 26.7 Å². The van der Waals surface area contributed by atoms with E-state index < -0.39 is 0 Å². The van der Waals surface area contributed by atoms with E-state index in [2.05, 4.69) is 33.6 Å². The van der Waals surface area contributed by atoms with E-state index in [1.807, 2.05) is 11.2 Å². The third kappa shape index (κ3) is 3.89. The summed E-state index contributed by atoms with van der Waals surface area (Å²) < 4.78 is 7.54. The summed E-state index contributed by atoms with van der Waals surface area (Å²) in [6, 6.07) is 0.270. The molecule has 0 aliphatic carbocycles. The second-order valence-corrected chi connectivity index (χ2v) is 7.65. The minimum atomic E-state index is 0.270. The Morgan fingerprint density at radius 2 is 2.04 bits per heavy atom. The van der Waals surface area contributed by atoms with Gasteiger partial charge in [-0.1, -0.05) is 0 Å². The normalized spacial score (nSPS) is 17.9. The molecule has 0 aromatic carbocycles. The molecule has 9 heteroatoms. The van der Waals surface area contributed by atoms with Crippen LogP contribution in [0.4, 0.5) is 11.8 Å². The van der Waals surface area contributed by atoms with E-state index >= 15 is 0 Å². The molecule has 2 aromatic rings. The van der Waals surface area contributed by atoms with Crippen LogP contribution in [-0.4, -0.2) is 76.3 Å². The van der Waals surface area contributed by atoms with Crippen LogP contribution in [0, 0.1) is 0 Å². The highest BCUT2D eigenvalue weighted by Crippen LogP contribution is 2.25. The van der Waals surface area contributed by atoms with E-state index in [4.69, 9.17) is 14.7 Å². The SMILES string of the molecule is CC(C)n1cnc2c(NCCCN3CCCC3=O)nc(N3CCOCC3)nc21. The molecular weight excluding hydrogens is 358 g/mol. The first kappa shape index (κ1) is 18.9. The zero-order valence-electron chi connectivity index (χ0n) is 16.7. The third-order valence-corrected chi connectivity index (χ3v) is 5.33. The van der Waals surface area contributed by atoms with Crippen LogP contribution in [-0.2, 0) is 9.53 Å². The van der Waals surface area contributed by atoms with Gasteiger partial charge in [0.15, 0.2) is 17.0 Å². The molecular formula is C19H29N7O2. The summed E-state index contributed by atoms with van der Waals surface area (Å²) in [6.07, 6.45) is 4.39. The number of aromatic nitrogens is 4. The highest BCUT2D eigenvalue weighted by atomic mass is 16.5. The number of imidazole rings is 1. The summed E-state index contributed by atoms with van der Waals surface area (Å²) in [5, 5.41) is 3.44. The first-order chi connectivity index (χ1) is 13.6. The van der Waals surface area contributed by atoms with Crippen molar-refractivity contribution < 1.29 is 9.53 Å². The average molecular weight is 387 g/mol. The molecule has 4 heterocycles. The Bertz CT molecular complexity index is 829. The van der Waals surface area contributed by atoms with Crippen LogP contribution < -0.4 is 10.2 Å². The van der Waals surface area contributed by atoms with Crippen molar-refractivity contribution >= 4 is 28.8 Å². The van der Waals surface area contributed by atoms with Gasteiger partial charge in [0.25, 0.3) is 0 Å². The van der Waals surface area contributed by atoms with Crippen molar-refractivity contribution in [1.29, 1.82) is 0 Å². The molecule has 2 aromatic heterocycles. The summed E-state index contributed by atoms with van der Waals surface area (Å²) in [6.45, 7) is 9.63. The predicted octanol–water partition coefficient (Wildman–Crippen LogP) is 1.67. The van der Waals surface area contributed by atoms with Crippen molar-refractivity contribution in [2.45, 2.75) is 39.2 Å². The molecule has 1 amide bonds. The van der Waals surface area contributed by atoms with Crippen LogP contribution >= 0.6 is 0 Å². The van der Waals surface area contributed by atoms with Gasteiger partial charge in [-0.3, -0.25) is 4.79 Å². The van der Waals surface area contributed by atoms with Gasteiger partial charge in [0.1, 0.15) is 0 Å². The molecule has 0 unspecified atom stereocenters. The molecule has 152 valence electrons. The molecule has 1 N–H and O–H groups in total. The number of carbonyl (C=O) groups is 1. The molecule has 0 saturated carbocycles. The average Bonchev–Trinajstić information content (AvgIpc) is 3.32. The van der Waals surface area contributed by atoms with Gasteiger partial charge < -0.3 is 24.4 Å². The van der Waals surface area contributed by atoms with Crippen molar-refractivity contribution in [1.82, 2.24) is 24.4 Å². The number of hydrogen-bond donors (Lipinski definition) is 1. The van der Waals surface area contributed by atoms with E-state index in [1.54, 1.807) is 0 Å². The molecule has 0 atom stereocenters. The minimum Gasteiger partial charge on any atom is -0.378 e.